The molecule has 27 heavy (non-hydrogen) atoms. The van der Waals surface area contributed by atoms with Crippen molar-refractivity contribution in [2.24, 2.45) is 0 Å². The number of imidazole rings is 1. The van der Waals surface area contributed by atoms with E-state index in [9.17, 15) is 4.79 Å². The molecular formula is C21H21N5O. The Morgan fingerprint density at radius 2 is 1.93 bits per heavy atom. The summed E-state index contributed by atoms with van der Waals surface area (Å²) in [6.07, 6.45) is 4.02. The fraction of sp³-hybridized carbons (Fsp3) is 0.190. The largest absolute Gasteiger partial charge is 0.342 e. The van der Waals surface area contributed by atoms with Crippen LogP contribution in [-0.2, 0) is 17.8 Å². The van der Waals surface area contributed by atoms with Crippen LogP contribution < -0.4 is 0 Å². The minimum Gasteiger partial charge on any atom is -0.342 e. The molecule has 0 atom stereocenters. The summed E-state index contributed by atoms with van der Waals surface area (Å²) in [5.41, 5.74) is 5.00. The fourth-order valence-corrected chi connectivity index (χ4v) is 3.12. The van der Waals surface area contributed by atoms with Crippen LogP contribution in [0.1, 0.15) is 17.0 Å². The number of benzene rings is 2. The Morgan fingerprint density at radius 1 is 1.15 bits per heavy atom. The van der Waals surface area contributed by atoms with Crippen LogP contribution in [0.3, 0.4) is 0 Å². The molecule has 0 saturated heterocycles. The maximum atomic E-state index is 12.6. The maximum Gasteiger partial charge on any atom is 0.230 e. The first-order chi connectivity index (χ1) is 13.1. The van der Waals surface area contributed by atoms with Gasteiger partial charge in [0.15, 0.2) is 0 Å². The molecule has 0 aliphatic rings. The molecule has 2 heterocycles. The van der Waals surface area contributed by atoms with E-state index in [2.05, 4.69) is 28.1 Å². The molecule has 6 heteroatoms. The smallest absolute Gasteiger partial charge is 0.230 e. The molecule has 4 aromatic rings. The average Bonchev–Trinajstić information content (AvgIpc) is 3.28. The first-order valence-electron chi connectivity index (χ1n) is 8.87. The number of likely N-dealkylation sites (N-methyl/N-ethyl adjacent to an activating group) is 1. The quantitative estimate of drug-likeness (QED) is 0.595. The lowest BCUT2D eigenvalue weighted by molar-refractivity contribution is -0.129. The molecule has 0 aliphatic carbocycles. The van der Waals surface area contributed by atoms with Crippen LogP contribution >= 0.6 is 0 Å². The standard InChI is InChI=1S/C21H21N5O/c1-15-7-3-6-10-19(15)26-14-16(12-22-26)13-25(2)21(27)11-20-23-17-8-4-5-9-18(17)24-20/h3-10,12,14H,11,13H2,1-2H3,(H,23,24). The van der Waals surface area contributed by atoms with Crippen molar-refractivity contribution in [1.82, 2.24) is 24.6 Å². The van der Waals surface area contributed by atoms with E-state index in [4.69, 9.17) is 0 Å². The van der Waals surface area contributed by atoms with Gasteiger partial charge in [0.05, 0.1) is 29.3 Å². The van der Waals surface area contributed by atoms with Crippen LogP contribution in [0.2, 0.25) is 0 Å². The minimum absolute atomic E-state index is 0.0118. The van der Waals surface area contributed by atoms with E-state index < -0.39 is 0 Å². The number of H-pyrrole nitrogens is 1. The van der Waals surface area contributed by atoms with E-state index in [1.807, 2.05) is 53.3 Å². The van der Waals surface area contributed by atoms with Gasteiger partial charge in [-0.3, -0.25) is 4.79 Å². The summed E-state index contributed by atoms with van der Waals surface area (Å²) in [5, 5.41) is 4.43. The summed E-state index contributed by atoms with van der Waals surface area (Å²) in [5.74, 6) is 0.696. The Hall–Kier alpha value is -3.41. The normalized spacial score (nSPS) is 11.0. The molecule has 1 amide bonds. The second-order valence-electron chi connectivity index (χ2n) is 6.71. The van der Waals surface area contributed by atoms with Gasteiger partial charge in [-0.2, -0.15) is 5.10 Å². The van der Waals surface area contributed by atoms with Gasteiger partial charge in [-0.1, -0.05) is 30.3 Å². The Bertz CT molecular complexity index is 1060. The topological polar surface area (TPSA) is 66.8 Å². The second kappa shape index (κ2) is 7.07. The predicted molar refractivity (Wildman–Crippen MR) is 105 cm³/mol. The van der Waals surface area contributed by atoms with Crippen LogP contribution in [0.5, 0.6) is 0 Å². The number of fused-ring (bicyclic) bond motifs is 1. The number of hydrogen-bond acceptors (Lipinski definition) is 3. The Labute approximate surface area is 157 Å². The SMILES string of the molecule is Cc1ccccc1-n1cc(CN(C)C(=O)Cc2nc3ccccc3[nH]2)cn1. The third-order valence-electron chi connectivity index (χ3n) is 4.60. The number of carbonyl (C=O) groups is 1. The molecular weight excluding hydrogens is 338 g/mol. The van der Waals surface area contributed by atoms with Crippen LogP contribution in [0, 0.1) is 6.92 Å². The van der Waals surface area contributed by atoms with Crippen molar-refractivity contribution in [3.63, 3.8) is 0 Å². The summed E-state index contributed by atoms with van der Waals surface area (Å²) >= 11 is 0. The van der Waals surface area contributed by atoms with Gasteiger partial charge in [-0.05, 0) is 30.7 Å². The van der Waals surface area contributed by atoms with Crippen molar-refractivity contribution in [2.75, 3.05) is 7.05 Å². The van der Waals surface area contributed by atoms with Crippen molar-refractivity contribution in [2.45, 2.75) is 19.9 Å². The molecule has 0 spiro atoms. The van der Waals surface area contributed by atoms with Gasteiger partial charge in [0.1, 0.15) is 5.82 Å². The molecule has 1 N–H and O–H groups in total. The molecule has 0 aliphatic heterocycles. The van der Waals surface area contributed by atoms with E-state index in [1.54, 1.807) is 18.1 Å². The van der Waals surface area contributed by atoms with Crippen LogP contribution in [0.25, 0.3) is 16.7 Å². The zero-order valence-corrected chi connectivity index (χ0v) is 15.4. The summed E-state index contributed by atoms with van der Waals surface area (Å²) in [4.78, 5) is 21.9. The zero-order chi connectivity index (χ0) is 18.8. The summed E-state index contributed by atoms with van der Waals surface area (Å²) in [6.45, 7) is 2.56. The number of aryl methyl sites for hydroxylation is 1. The van der Waals surface area contributed by atoms with Gasteiger partial charge in [0.25, 0.3) is 0 Å². The van der Waals surface area contributed by atoms with Gasteiger partial charge < -0.3 is 9.88 Å². The highest BCUT2D eigenvalue weighted by atomic mass is 16.2. The number of nitrogens with zero attached hydrogens (tertiary/aromatic N) is 4. The Balaban J connectivity index is 1.43. The van der Waals surface area contributed by atoms with E-state index in [0.717, 1.165) is 27.8 Å². The highest BCUT2D eigenvalue weighted by Gasteiger charge is 2.14. The molecule has 0 saturated carbocycles. The van der Waals surface area contributed by atoms with Crippen molar-refractivity contribution in [3.05, 3.63) is 77.9 Å². The number of rotatable bonds is 5. The molecule has 0 fully saturated rings. The molecule has 6 nitrogen and oxygen atoms in total. The molecule has 0 bridgehead atoms. The van der Waals surface area contributed by atoms with Crippen LogP contribution in [-0.4, -0.2) is 37.6 Å². The van der Waals surface area contributed by atoms with Gasteiger partial charge in [-0.15, -0.1) is 0 Å². The fourth-order valence-electron chi connectivity index (χ4n) is 3.12. The second-order valence-corrected chi connectivity index (χ2v) is 6.71. The molecule has 4 rings (SSSR count). The summed E-state index contributed by atoms with van der Waals surface area (Å²) in [7, 11) is 1.80. The molecule has 0 unspecified atom stereocenters. The number of aromatic nitrogens is 4. The molecule has 2 aromatic carbocycles. The number of hydrogen-bond donors (Lipinski definition) is 1. The van der Waals surface area contributed by atoms with Crippen molar-refractivity contribution < 1.29 is 4.79 Å². The number of amides is 1. The van der Waals surface area contributed by atoms with Gasteiger partial charge in [0, 0.05) is 25.4 Å². The lowest BCUT2D eigenvalue weighted by Crippen LogP contribution is -2.27. The monoisotopic (exact) mass is 359 g/mol. The van der Waals surface area contributed by atoms with Gasteiger partial charge in [-0.25, -0.2) is 9.67 Å². The highest BCUT2D eigenvalue weighted by Crippen LogP contribution is 2.15. The predicted octanol–water partition coefficient (Wildman–Crippen LogP) is 3.26. The molecule has 136 valence electrons. The number of nitrogens with one attached hydrogen (secondary N) is 1. The first kappa shape index (κ1) is 17.0. The lowest BCUT2D eigenvalue weighted by atomic mass is 10.2. The van der Waals surface area contributed by atoms with Crippen molar-refractivity contribution in [1.29, 1.82) is 0 Å². The third kappa shape index (κ3) is 3.60. The number of carbonyl (C=O) groups excluding carboxylic acids is 1. The number of para-hydroxylation sites is 3. The minimum atomic E-state index is 0.0118. The molecule has 2 aromatic heterocycles. The highest BCUT2D eigenvalue weighted by molar-refractivity contribution is 5.80. The zero-order valence-electron chi connectivity index (χ0n) is 15.4. The Kier molecular flexibility index (Phi) is 4.46. The first-order valence-corrected chi connectivity index (χ1v) is 8.87. The van der Waals surface area contributed by atoms with Crippen LogP contribution in [0.15, 0.2) is 60.9 Å². The van der Waals surface area contributed by atoms with E-state index in [1.165, 1.54) is 0 Å². The number of aromatic amines is 1. The van der Waals surface area contributed by atoms with E-state index in [0.29, 0.717) is 12.4 Å². The molecule has 0 radical (unpaired) electrons. The van der Waals surface area contributed by atoms with Crippen LogP contribution in [0.4, 0.5) is 0 Å². The van der Waals surface area contributed by atoms with Crippen molar-refractivity contribution in [3.8, 4) is 5.69 Å². The van der Waals surface area contributed by atoms with E-state index >= 15 is 0 Å². The lowest BCUT2D eigenvalue weighted by Gasteiger charge is -2.15. The maximum absolute atomic E-state index is 12.6. The average molecular weight is 359 g/mol. The summed E-state index contributed by atoms with van der Waals surface area (Å²) < 4.78 is 1.85. The van der Waals surface area contributed by atoms with Gasteiger partial charge in [0.2, 0.25) is 5.91 Å². The summed E-state index contributed by atoms with van der Waals surface area (Å²) in [6, 6.07) is 15.9. The Morgan fingerprint density at radius 3 is 2.74 bits per heavy atom. The van der Waals surface area contributed by atoms with E-state index in [-0.39, 0.29) is 12.3 Å². The van der Waals surface area contributed by atoms with Crippen molar-refractivity contribution >= 4 is 16.9 Å². The third-order valence-corrected chi connectivity index (χ3v) is 4.60. The van der Waals surface area contributed by atoms with Gasteiger partial charge >= 0.3 is 0 Å².